The van der Waals surface area contributed by atoms with Gasteiger partial charge in [-0.2, -0.15) is 0 Å². The Morgan fingerprint density at radius 3 is 1.92 bits per heavy atom. The van der Waals surface area contributed by atoms with Crippen LogP contribution >= 0.6 is 0 Å². The topological polar surface area (TPSA) is 266 Å². The van der Waals surface area contributed by atoms with Crippen molar-refractivity contribution >= 4 is 11.8 Å². The number of aliphatic hydroxyl groups is 8. The molecule has 3 aliphatic heterocycles. The molecule has 14 atom stereocenters. The van der Waals surface area contributed by atoms with E-state index < -0.39 is 118 Å². The lowest BCUT2D eigenvalue weighted by atomic mass is 9.95. The molecule has 2 amide bonds. The Labute approximate surface area is 223 Å². The highest BCUT2D eigenvalue weighted by atomic mass is 16.7. The Bertz CT molecular complexity index is 822. The number of carbonyl (C=O) groups excluding carboxylic acids is 2. The SMILES string of the molecule is CC(=O)N[C@@H]1[C@@H](O[C@@H]2O[C@H](CO)[C@H](O)C[C@H]2O)[C@@H](O)[C@@H](CO[C@@H]2O[C@H](CO)[C@@H](O)[C@H](O)[C@H]2NC(C)=O)O[C@@H]1O. The first-order chi connectivity index (χ1) is 18.4. The van der Waals surface area contributed by atoms with Crippen LogP contribution in [0.1, 0.15) is 20.3 Å². The van der Waals surface area contributed by atoms with Gasteiger partial charge in [-0.15, -0.1) is 0 Å². The van der Waals surface area contributed by atoms with E-state index in [-0.39, 0.29) is 6.42 Å². The minimum Gasteiger partial charge on any atom is -0.394 e. The minimum atomic E-state index is -1.76. The van der Waals surface area contributed by atoms with Gasteiger partial charge in [0.25, 0.3) is 0 Å². The molecular weight excluding hydrogens is 532 g/mol. The minimum absolute atomic E-state index is 0.223. The third-order valence-electron chi connectivity index (χ3n) is 6.74. The predicted molar refractivity (Wildman–Crippen MR) is 123 cm³/mol. The molecule has 39 heavy (non-hydrogen) atoms. The highest BCUT2D eigenvalue weighted by molar-refractivity contribution is 5.73. The fourth-order valence-electron chi connectivity index (χ4n) is 4.73. The molecule has 17 nitrogen and oxygen atoms in total. The summed E-state index contributed by atoms with van der Waals surface area (Å²) < 4.78 is 27.7. The van der Waals surface area contributed by atoms with Crippen LogP contribution in [0.15, 0.2) is 0 Å². The van der Waals surface area contributed by atoms with Crippen LogP contribution < -0.4 is 10.6 Å². The number of amides is 2. The van der Waals surface area contributed by atoms with Crippen molar-refractivity contribution in [3.63, 3.8) is 0 Å². The normalized spacial score (nSPS) is 45.0. The summed E-state index contributed by atoms with van der Waals surface area (Å²) in [6.07, 6.45) is -17.4. The van der Waals surface area contributed by atoms with Crippen LogP contribution in [-0.2, 0) is 33.3 Å². The molecule has 3 fully saturated rings. The van der Waals surface area contributed by atoms with Crippen molar-refractivity contribution in [1.82, 2.24) is 10.6 Å². The van der Waals surface area contributed by atoms with Gasteiger partial charge in [0.1, 0.15) is 60.9 Å². The van der Waals surface area contributed by atoms with Gasteiger partial charge in [0.05, 0.1) is 25.9 Å². The number of aliphatic hydroxyl groups excluding tert-OH is 8. The van der Waals surface area contributed by atoms with Gasteiger partial charge in [0.15, 0.2) is 18.9 Å². The smallest absolute Gasteiger partial charge is 0.217 e. The number of carbonyl (C=O) groups is 2. The highest BCUT2D eigenvalue weighted by Gasteiger charge is 2.50. The van der Waals surface area contributed by atoms with E-state index >= 15 is 0 Å². The molecule has 0 saturated carbocycles. The molecule has 0 aromatic carbocycles. The zero-order valence-electron chi connectivity index (χ0n) is 21.3. The van der Waals surface area contributed by atoms with Crippen molar-refractivity contribution in [1.29, 1.82) is 0 Å². The Morgan fingerprint density at radius 1 is 0.744 bits per heavy atom. The van der Waals surface area contributed by atoms with Crippen molar-refractivity contribution in [3.8, 4) is 0 Å². The number of hydrogen-bond donors (Lipinski definition) is 10. The molecule has 10 N–H and O–H groups in total. The second-order valence-corrected chi connectivity index (χ2v) is 9.74. The summed E-state index contributed by atoms with van der Waals surface area (Å²) >= 11 is 0. The van der Waals surface area contributed by atoms with E-state index in [0.29, 0.717) is 0 Å². The third-order valence-corrected chi connectivity index (χ3v) is 6.74. The lowest BCUT2D eigenvalue weighted by Gasteiger charge is -2.46. The third kappa shape index (κ3) is 7.59. The summed E-state index contributed by atoms with van der Waals surface area (Å²) in [5.74, 6) is -1.19. The van der Waals surface area contributed by atoms with Crippen LogP contribution in [-0.4, -0.2) is 158 Å². The van der Waals surface area contributed by atoms with Gasteiger partial charge < -0.3 is 75.2 Å². The van der Waals surface area contributed by atoms with E-state index in [1.54, 1.807) is 0 Å². The quantitative estimate of drug-likeness (QED) is 0.124. The Morgan fingerprint density at radius 2 is 1.33 bits per heavy atom. The van der Waals surface area contributed by atoms with Crippen molar-refractivity contribution in [2.45, 2.75) is 106 Å². The zero-order chi connectivity index (χ0) is 29.0. The van der Waals surface area contributed by atoms with Gasteiger partial charge in [-0.25, -0.2) is 0 Å². The number of ether oxygens (including phenoxy) is 5. The first-order valence-electron chi connectivity index (χ1n) is 12.5. The largest absolute Gasteiger partial charge is 0.394 e. The summed E-state index contributed by atoms with van der Waals surface area (Å²) in [5, 5.41) is 86.2. The maximum atomic E-state index is 11.8. The molecule has 0 unspecified atom stereocenters. The van der Waals surface area contributed by atoms with Gasteiger partial charge in [0.2, 0.25) is 11.8 Å². The highest BCUT2D eigenvalue weighted by Crippen LogP contribution is 2.30. The van der Waals surface area contributed by atoms with Crippen molar-refractivity contribution < 1.29 is 74.1 Å². The van der Waals surface area contributed by atoms with Crippen molar-refractivity contribution in [2.24, 2.45) is 0 Å². The molecule has 17 heteroatoms. The van der Waals surface area contributed by atoms with E-state index in [1.165, 1.54) is 0 Å². The molecule has 0 bridgehead atoms. The molecule has 0 aliphatic carbocycles. The van der Waals surface area contributed by atoms with E-state index in [0.717, 1.165) is 13.8 Å². The Balaban J connectivity index is 1.76. The Hall–Kier alpha value is -1.58. The van der Waals surface area contributed by atoms with E-state index in [9.17, 15) is 50.4 Å². The van der Waals surface area contributed by atoms with E-state index in [2.05, 4.69) is 10.6 Å². The molecule has 3 heterocycles. The van der Waals surface area contributed by atoms with Crippen LogP contribution in [0.4, 0.5) is 0 Å². The standard InChI is InChI=1S/C22H38N2O15/c1-7(27)23-14-18(33)16(31)12(5-26)38-22(14)35-6-13-17(32)19(15(20(34)36-13)24-8(2)28)39-21-10(30)3-9(29)11(4-25)37-21/h9-22,25-26,29-34H,3-6H2,1-2H3,(H,23,27)(H,24,28)/t9-,10-,11-,12-,13-,14-,15-,16-,17+,18-,19-,20+,21+,22-/m1/s1. The zero-order valence-corrected chi connectivity index (χ0v) is 21.3. The van der Waals surface area contributed by atoms with Gasteiger partial charge in [-0.3, -0.25) is 9.59 Å². The first-order valence-corrected chi connectivity index (χ1v) is 12.5. The second kappa shape index (κ2) is 13.9. The number of nitrogens with one attached hydrogen (secondary N) is 2. The monoisotopic (exact) mass is 570 g/mol. The van der Waals surface area contributed by atoms with Gasteiger partial charge in [-0.05, 0) is 0 Å². The van der Waals surface area contributed by atoms with Gasteiger partial charge in [-0.1, -0.05) is 0 Å². The van der Waals surface area contributed by atoms with E-state index in [4.69, 9.17) is 23.7 Å². The van der Waals surface area contributed by atoms with Crippen LogP contribution in [0.5, 0.6) is 0 Å². The maximum Gasteiger partial charge on any atom is 0.217 e. The molecule has 3 saturated heterocycles. The lowest BCUT2D eigenvalue weighted by molar-refractivity contribution is -0.333. The van der Waals surface area contributed by atoms with Crippen LogP contribution in [0.25, 0.3) is 0 Å². The molecule has 3 aliphatic rings. The molecule has 226 valence electrons. The maximum absolute atomic E-state index is 11.8. The molecule has 0 spiro atoms. The van der Waals surface area contributed by atoms with Crippen LogP contribution in [0.2, 0.25) is 0 Å². The van der Waals surface area contributed by atoms with Gasteiger partial charge in [0, 0.05) is 20.3 Å². The molecule has 0 aromatic heterocycles. The second-order valence-electron chi connectivity index (χ2n) is 9.74. The summed E-state index contributed by atoms with van der Waals surface area (Å²) in [6, 6.07) is -2.63. The van der Waals surface area contributed by atoms with Crippen molar-refractivity contribution in [3.05, 3.63) is 0 Å². The Kier molecular flexibility index (Phi) is 11.4. The number of hydrogen-bond acceptors (Lipinski definition) is 15. The molecule has 0 aromatic rings. The van der Waals surface area contributed by atoms with E-state index in [1.807, 2.05) is 0 Å². The van der Waals surface area contributed by atoms with Crippen LogP contribution in [0.3, 0.4) is 0 Å². The first kappa shape index (κ1) is 31.9. The molecule has 3 rings (SSSR count). The van der Waals surface area contributed by atoms with Crippen molar-refractivity contribution in [2.75, 3.05) is 19.8 Å². The fraction of sp³-hybridized carbons (Fsp3) is 0.909. The average molecular weight is 571 g/mol. The summed E-state index contributed by atoms with van der Waals surface area (Å²) in [5.41, 5.74) is 0. The summed E-state index contributed by atoms with van der Waals surface area (Å²) in [4.78, 5) is 23.4. The molecular formula is C22H38N2O15. The number of rotatable bonds is 9. The molecule has 0 radical (unpaired) electrons. The lowest BCUT2D eigenvalue weighted by Crippen LogP contribution is -2.67. The average Bonchev–Trinajstić information content (AvgIpc) is 2.87. The predicted octanol–water partition coefficient (Wildman–Crippen LogP) is -6.26. The van der Waals surface area contributed by atoms with Gasteiger partial charge >= 0.3 is 0 Å². The summed E-state index contributed by atoms with van der Waals surface area (Å²) in [6.45, 7) is 0.483. The van der Waals surface area contributed by atoms with Crippen LogP contribution in [0, 0.1) is 0 Å². The summed E-state index contributed by atoms with van der Waals surface area (Å²) in [7, 11) is 0. The fourth-order valence-corrected chi connectivity index (χ4v) is 4.73.